The first-order chi connectivity index (χ1) is 8.27. The number of aryl methyl sites for hydroxylation is 1. The standard InChI is InChI=1S/C11H14FNO4S/c1-7-4-5-9(12)6-10(7)18(15,16)13-8(2)11(14)17-3/h4-6,8,13H,1-3H3/t8-/m0/s1. The molecule has 5 nitrogen and oxygen atoms in total. The lowest BCUT2D eigenvalue weighted by Crippen LogP contribution is -2.39. The molecule has 1 atom stereocenters. The molecule has 0 aromatic heterocycles. The molecule has 1 rings (SSSR count). The SMILES string of the molecule is COC(=O)[C@H](C)NS(=O)(=O)c1cc(F)ccc1C. The Hall–Kier alpha value is -1.47. The van der Waals surface area contributed by atoms with Gasteiger partial charge in [0, 0.05) is 0 Å². The fraction of sp³-hybridized carbons (Fsp3) is 0.364. The van der Waals surface area contributed by atoms with E-state index in [1.54, 1.807) is 0 Å². The number of rotatable bonds is 4. The van der Waals surface area contributed by atoms with Crippen molar-refractivity contribution < 1.29 is 22.3 Å². The molecule has 0 saturated carbocycles. The maximum atomic E-state index is 13.1. The van der Waals surface area contributed by atoms with E-state index in [4.69, 9.17) is 0 Å². The molecule has 0 fully saturated rings. The first kappa shape index (κ1) is 14.6. The van der Waals surface area contributed by atoms with Gasteiger partial charge in [0.05, 0.1) is 12.0 Å². The van der Waals surface area contributed by atoms with E-state index in [-0.39, 0.29) is 4.90 Å². The van der Waals surface area contributed by atoms with Crippen LogP contribution in [0.15, 0.2) is 23.1 Å². The van der Waals surface area contributed by atoms with Crippen LogP contribution in [-0.2, 0) is 19.6 Å². The Morgan fingerprint density at radius 1 is 1.44 bits per heavy atom. The lowest BCUT2D eigenvalue weighted by molar-refractivity contribution is -0.142. The summed E-state index contributed by atoms with van der Waals surface area (Å²) in [7, 11) is -2.81. The Morgan fingerprint density at radius 2 is 2.06 bits per heavy atom. The molecule has 0 unspecified atom stereocenters. The summed E-state index contributed by atoms with van der Waals surface area (Å²) in [5, 5.41) is 0. The zero-order valence-corrected chi connectivity index (χ0v) is 11.0. The number of carbonyl (C=O) groups is 1. The molecule has 0 amide bonds. The summed E-state index contributed by atoms with van der Waals surface area (Å²) < 4.78 is 43.5. The minimum atomic E-state index is -3.96. The summed E-state index contributed by atoms with van der Waals surface area (Å²) in [5.41, 5.74) is 0.390. The van der Waals surface area contributed by atoms with Crippen molar-refractivity contribution in [2.24, 2.45) is 0 Å². The largest absolute Gasteiger partial charge is 0.468 e. The van der Waals surface area contributed by atoms with Crippen molar-refractivity contribution in [2.45, 2.75) is 24.8 Å². The van der Waals surface area contributed by atoms with Crippen molar-refractivity contribution in [3.8, 4) is 0 Å². The van der Waals surface area contributed by atoms with E-state index in [1.165, 1.54) is 19.9 Å². The normalized spacial score (nSPS) is 13.1. The van der Waals surface area contributed by atoms with Crippen LogP contribution in [0.3, 0.4) is 0 Å². The molecule has 0 saturated heterocycles. The number of benzene rings is 1. The van der Waals surface area contributed by atoms with Gasteiger partial charge >= 0.3 is 5.97 Å². The van der Waals surface area contributed by atoms with Gasteiger partial charge in [-0.3, -0.25) is 4.79 Å². The first-order valence-electron chi connectivity index (χ1n) is 5.14. The Labute approximate surface area is 105 Å². The van der Waals surface area contributed by atoms with Gasteiger partial charge in [0.1, 0.15) is 11.9 Å². The third-order valence-electron chi connectivity index (χ3n) is 2.33. The van der Waals surface area contributed by atoms with Crippen molar-refractivity contribution in [1.29, 1.82) is 0 Å². The lowest BCUT2D eigenvalue weighted by atomic mass is 10.2. The smallest absolute Gasteiger partial charge is 0.323 e. The van der Waals surface area contributed by atoms with Gasteiger partial charge < -0.3 is 4.74 Å². The number of hydrogen-bond donors (Lipinski definition) is 1. The summed E-state index contributed by atoms with van der Waals surface area (Å²) in [4.78, 5) is 11.0. The average molecular weight is 275 g/mol. The number of esters is 1. The predicted molar refractivity (Wildman–Crippen MR) is 62.9 cm³/mol. The molecular weight excluding hydrogens is 261 g/mol. The summed E-state index contributed by atoms with van der Waals surface area (Å²) in [6, 6.07) is 2.38. The Bertz CT molecular complexity index is 556. The van der Waals surface area contributed by atoms with Crippen molar-refractivity contribution >= 4 is 16.0 Å². The molecule has 0 radical (unpaired) electrons. The van der Waals surface area contributed by atoms with Gasteiger partial charge in [-0.25, -0.2) is 12.8 Å². The summed E-state index contributed by atoms with van der Waals surface area (Å²) in [6.07, 6.45) is 0. The number of ether oxygens (including phenoxy) is 1. The van der Waals surface area contributed by atoms with Crippen LogP contribution in [0.25, 0.3) is 0 Å². The molecule has 1 aromatic rings. The second kappa shape index (κ2) is 5.45. The van der Waals surface area contributed by atoms with Crippen LogP contribution in [0, 0.1) is 12.7 Å². The molecule has 0 heterocycles. The van der Waals surface area contributed by atoms with Gasteiger partial charge in [-0.2, -0.15) is 4.72 Å². The molecule has 0 aliphatic carbocycles. The summed E-state index contributed by atoms with van der Waals surface area (Å²) in [6.45, 7) is 2.88. The molecule has 1 aromatic carbocycles. The van der Waals surface area contributed by atoms with Crippen LogP contribution < -0.4 is 4.72 Å². The van der Waals surface area contributed by atoms with Gasteiger partial charge in [0.25, 0.3) is 0 Å². The summed E-state index contributed by atoms with van der Waals surface area (Å²) >= 11 is 0. The van der Waals surface area contributed by atoms with E-state index in [9.17, 15) is 17.6 Å². The summed E-state index contributed by atoms with van der Waals surface area (Å²) in [5.74, 6) is -1.38. The fourth-order valence-electron chi connectivity index (χ4n) is 1.38. The fourth-order valence-corrected chi connectivity index (χ4v) is 2.83. The number of halogens is 1. The number of hydrogen-bond acceptors (Lipinski definition) is 4. The van der Waals surface area contributed by atoms with Crippen LogP contribution in [0.4, 0.5) is 4.39 Å². The molecule has 18 heavy (non-hydrogen) atoms. The minimum Gasteiger partial charge on any atom is -0.468 e. The van der Waals surface area contributed by atoms with Gasteiger partial charge in [-0.15, -0.1) is 0 Å². The highest BCUT2D eigenvalue weighted by Crippen LogP contribution is 2.16. The van der Waals surface area contributed by atoms with Crippen LogP contribution in [0.1, 0.15) is 12.5 Å². The highest BCUT2D eigenvalue weighted by atomic mass is 32.2. The van der Waals surface area contributed by atoms with Crippen LogP contribution in [0.5, 0.6) is 0 Å². The third kappa shape index (κ3) is 3.27. The van der Waals surface area contributed by atoms with Crippen molar-refractivity contribution in [1.82, 2.24) is 4.72 Å². The van der Waals surface area contributed by atoms with E-state index in [0.717, 1.165) is 19.2 Å². The number of sulfonamides is 1. The maximum absolute atomic E-state index is 13.1. The van der Waals surface area contributed by atoms with Crippen LogP contribution in [-0.4, -0.2) is 27.5 Å². The van der Waals surface area contributed by atoms with Crippen molar-refractivity contribution in [2.75, 3.05) is 7.11 Å². The van der Waals surface area contributed by atoms with E-state index in [0.29, 0.717) is 5.56 Å². The molecule has 0 bridgehead atoms. The monoisotopic (exact) mass is 275 g/mol. The van der Waals surface area contributed by atoms with E-state index in [1.807, 2.05) is 0 Å². The van der Waals surface area contributed by atoms with Gasteiger partial charge in [0.2, 0.25) is 10.0 Å². The lowest BCUT2D eigenvalue weighted by Gasteiger charge is -2.13. The maximum Gasteiger partial charge on any atom is 0.323 e. The molecule has 0 aliphatic heterocycles. The highest BCUT2D eigenvalue weighted by Gasteiger charge is 2.24. The van der Waals surface area contributed by atoms with E-state index < -0.39 is 27.9 Å². The van der Waals surface area contributed by atoms with Crippen molar-refractivity contribution in [3.05, 3.63) is 29.6 Å². The molecule has 0 spiro atoms. The third-order valence-corrected chi connectivity index (χ3v) is 4.01. The number of methoxy groups -OCH3 is 1. The highest BCUT2D eigenvalue weighted by molar-refractivity contribution is 7.89. The van der Waals surface area contributed by atoms with Gasteiger partial charge in [-0.1, -0.05) is 6.07 Å². The zero-order valence-electron chi connectivity index (χ0n) is 10.2. The Kier molecular flexibility index (Phi) is 4.42. The Balaban J connectivity index is 3.07. The van der Waals surface area contributed by atoms with Gasteiger partial charge in [-0.05, 0) is 31.5 Å². The number of carbonyl (C=O) groups excluding carboxylic acids is 1. The zero-order chi connectivity index (χ0) is 13.9. The molecular formula is C11H14FNO4S. The second-order valence-corrected chi connectivity index (χ2v) is 5.46. The molecule has 0 aliphatic rings. The van der Waals surface area contributed by atoms with Crippen LogP contribution in [0.2, 0.25) is 0 Å². The average Bonchev–Trinajstić information content (AvgIpc) is 2.30. The Morgan fingerprint density at radius 3 is 2.61 bits per heavy atom. The van der Waals surface area contributed by atoms with Crippen molar-refractivity contribution in [3.63, 3.8) is 0 Å². The van der Waals surface area contributed by atoms with Gasteiger partial charge in [0.15, 0.2) is 0 Å². The second-order valence-electron chi connectivity index (χ2n) is 3.78. The predicted octanol–water partition coefficient (Wildman–Crippen LogP) is 0.974. The molecule has 7 heteroatoms. The molecule has 100 valence electrons. The molecule has 1 N–H and O–H groups in total. The quantitative estimate of drug-likeness (QED) is 0.831. The van der Waals surface area contributed by atoms with E-state index in [2.05, 4.69) is 9.46 Å². The first-order valence-corrected chi connectivity index (χ1v) is 6.62. The van der Waals surface area contributed by atoms with Crippen LogP contribution >= 0.6 is 0 Å². The number of nitrogens with one attached hydrogen (secondary N) is 1. The topological polar surface area (TPSA) is 72.5 Å². The van der Waals surface area contributed by atoms with E-state index >= 15 is 0 Å². The minimum absolute atomic E-state index is 0.196.